The predicted molar refractivity (Wildman–Crippen MR) is 65.3 cm³/mol. The number of hydrogen-bond donors (Lipinski definition) is 1. The van der Waals surface area contributed by atoms with Gasteiger partial charge in [0.2, 0.25) is 0 Å². The van der Waals surface area contributed by atoms with E-state index >= 15 is 0 Å². The van der Waals surface area contributed by atoms with Crippen molar-refractivity contribution >= 4 is 5.97 Å². The topological polar surface area (TPSA) is 38.3 Å². The predicted octanol–water partition coefficient (Wildman–Crippen LogP) is 2.50. The van der Waals surface area contributed by atoms with E-state index in [0.29, 0.717) is 13.0 Å². The van der Waals surface area contributed by atoms with E-state index in [2.05, 4.69) is 5.32 Å². The Morgan fingerprint density at radius 3 is 2.56 bits per heavy atom. The van der Waals surface area contributed by atoms with Crippen LogP contribution in [0.3, 0.4) is 0 Å². The molecule has 0 radical (unpaired) electrons. The van der Waals surface area contributed by atoms with E-state index in [1.165, 1.54) is 38.5 Å². The highest BCUT2D eigenvalue weighted by Gasteiger charge is 2.11. The normalized spacial score (nSPS) is 18.1. The van der Waals surface area contributed by atoms with Crippen LogP contribution in [0.5, 0.6) is 0 Å². The van der Waals surface area contributed by atoms with Crippen LogP contribution in [-0.2, 0) is 9.53 Å². The zero-order valence-electron chi connectivity index (χ0n) is 10.5. The van der Waals surface area contributed by atoms with Crippen molar-refractivity contribution in [1.82, 2.24) is 5.32 Å². The lowest BCUT2D eigenvalue weighted by molar-refractivity contribution is -0.142. The summed E-state index contributed by atoms with van der Waals surface area (Å²) in [6, 6.07) is 0. The van der Waals surface area contributed by atoms with Crippen LogP contribution in [0.4, 0.5) is 0 Å². The van der Waals surface area contributed by atoms with Gasteiger partial charge in [0.05, 0.1) is 13.0 Å². The van der Waals surface area contributed by atoms with Gasteiger partial charge in [-0.25, -0.2) is 0 Å². The van der Waals surface area contributed by atoms with E-state index in [9.17, 15) is 4.79 Å². The first-order valence-electron chi connectivity index (χ1n) is 6.69. The van der Waals surface area contributed by atoms with Crippen molar-refractivity contribution in [2.75, 3.05) is 19.7 Å². The summed E-state index contributed by atoms with van der Waals surface area (Å²) in [5.41, 5.74) is 0. The van der Waals surface area contributed by atoms with E-state index in [1.54, 1.807) is 0 Å². The van der Waals surface area contributed by atoms with Gasteiger partial charge in [-0.3, -0.25) is 4.79 Å². The molecule has 0 heterocycles. The number of carbonyl (C=O) groups is 1. The van der Waals surface area contributed by atoms with Gasteiger partial charge >= 0.3 is 5.97 Å². The third kappa shape index (κ3) is 6.11. The fourth-order valence-corrected chi connectivity index (χ4v) is 2.30. The Labute approximate surface area is 98.9 Å². The Morgan fingerprint density at radius 2 is 1.94 bits per heavy atom. The standard InChI is InChI=1S/C13H25NO2/c1-2-16-13(15)9-10-14-11-12-7-5-3-4-6-8-12/h12,14H,2-11H2,1H3. The molecular formula is C13H25NO2. The summed E-state index contributed by atoms with van der Waals surface area (Å²) in [6.07, 6.45) is 8.77. The zero-order valence-corrected chi connectivity index (χ0v) is 10.5. The van der Waals surface area contributed by atoms with E-state index in [-0.39, 0.29) is 5.97 Å². The molecule has 1 fully saturated rings. The molecule has 0 atom stereocenters. The lowest BCUT2D eigenvalue weighted by Crippen LogP contribution is -2.25. The van der Waals surface area contributed by atoms with Crippen molar-refractivity contribution < 1.29 is 9.53 Å². The Morgan fingerprint density at radius 1 is 1.25 bits per heavy atom. The number of esters is 1. The second-order valence-electron chi connectivity index (χ2n) is 4.62. The monoisotopic (exact) mass is 227 g/mol. The van der Waals surface area contributed by atoms with Crippen LogP contribution >= 0.6 is 0 Å². The third-order valence-electron chi connectivity index (χ3n) is 3.22. The van der Waals surface area contributed by atoms with Crippen molar-refractivity contribution in [3.63, 3.8) is 0 Å². The number of rotatable bonds is 6. The SMILES string of the molecule is CCOC(=O)CCNCC1CCCCCC1. The Hall–Kier alpha value is -0.570. The number of ether oxygens (including phenoxy) is 1. The van der Waals surface area contributed by atoms with E-state index < -0.39 is 0 Å². The molecule has 3 heteroatoms. The fraction of sp³-hybridized carbons (Fsp3) is 0.923. The minimum atomic E-state index is -0.0872. The molecule has 1 rings (SSSR count). The van der Waals surface area contributed by atoms with Crippen LogP contribution in [0.2, 0.25) is 0 Å². The second kappa shape index (κ2) is 8.57. The van der Waals surface area contributed by atoms with E-state index in [1.807, 2.05) is 6.92 Å². The first kappa shape index (κ1) is 13.5. The van der Waals surface area contributed by atoms with Gasteiger partial charge in [0.25, 0.3) is 0 Å². The van der Waals surface area contributed by atoms with Gasteiger partial charge < -0.3 is 10.1 Å². The maximum Gasteiger partial charge on any atom is 0.307 e. The molecule has 0 saturated heterocycles. The first-order valence-corrected chi connectivity index (χ1v) is 6.69. The molecule has 0 aliphatic heterocycles. The zero-order chi connectivity index (χ0) is 11.6. The molecule has 3 nitrogen and oxygen atoms in total. The van der Waals surface area contributed by atoms with Crippen molar-refractivity contribution in [2.45, 2.75) is 51.9 Å². The quantitative estimate of drug-likeness (QED) is 0.430. The highest BCUT2D eigenvalue weighted by molar-refractivity contribution is 5.69. The lowest BCUT2D eigenvalue weighted by Gasteiger charge is -2.14. The minimum Gasteiger partial charge on any atom is -0.466 e. The molecule has 1 saturated carbocycles. The number of nitrogens with one attached hydrogen (secondary N) is 1. The Bertz CT molecular complexity index is 186. The van der Waals surface area contributed by atoms with Crippen LogP contribution in [0, 0.1) is 5.92 Å². The maximum absolute atomic E-state index is 11.1. The average Bonchev–Trinajstić information content (AvgIpc) is 2.53. The Balaban J connectivity index is 1.99. The smallest absolute Gasteiger partial charge is 0.307 e. The highest BCUT2D eigenvalue weighted by Crippen LogP contribution is 2.21. The van der Waals surface area contributed by atoms with Gasteiger partial charge in [0, 0.05) is 6.54 Å². The second-order valence-corrected chi connectivity index (χ2v) is 4.62. The van der Waals surface area contributed by atoms with Crippen LogP contribution in [0.25, 0.3) is 0 Å². The van der Waals surface area contributed by atoms with Gasteiger partial charge in [-0.15, -0.1) is 0 Å². The largest absolute Gasteiger partial charge is 0.466 e. The van der Waals surface area contributed by atoms with Gasteiger partial charge in [-0.1, -0.05) is 25.7 Å². The minimum absolute atomic E-state index is 0.0872. The number of carbonyl (C=O) groups excluding carboxylic acids is 1. The van der Waals surface area contributed by atoms with Crippen molar-refractivity contribution in [2.24, 2.45) is 5.92 Å². The van der Waals surface area contributed by atoms with Crippen molar-refractivity contribution in [3.8, 4) is 0 Å². The molecular weight excluding hydrogens is 202 g/mol. The third-order valence-corrected chi connectivity index (χ3v) is 3.22. The Kier molecular flexibility index (Phi) is 7.23. The highest BCUT2D eigenvalue weighted by atomic mass is 16.5. The molecule has 0 aromatic carbocycles. The molecule has 0 bridgehead atoms. The van der Waals surface area contributed by atoms with Gasteiger partial charge in [0.15, 0.2) is 0 Å². The molecule has 0 unspecified atom stereocenters. The van der Waals surface area contributed by atoms with Crippen LogP contribution in [0.1, 0.15) is 51.9 Å². The van der Waals surface area contributed by atoms with E-state index in [0.717, 1.165) is 19.0 Å². The summed E-state index contributed by atoms with van der Waals surface area (Å²) in [5.74, 6) is 0.737. The average molecular weight is 227 g/mol. The molecule has 0 spiro atoms. The molecule has 0 aromatic heterocycles. The fourth-order valence-electron chi connectivity index (χ4n) is 2.30. The molecule has 16 heavy (non-hydrogen) atoms. The molecule has 1 aliphatic rings. The maximum atomic E-state index is 11.1. The molecule has 1 aliphatic carbocycles. The molecule has 1 N–H and O–H groups in total. The number of hydrogen-bond acceptors (Lipinski definition) is 3. The molecule has 0 amide bonds. The van der Waals surface area contributed by atoms with Crippen molar-refractivity contribution in [1.29, 1.82) is 0 Å². The van der Waals surface area contributed by atoms with Crippen LogP contribution in [0.15, 0.2) is 0 Å². The van der Waals surface area contributed by atoms with Crippen molar-refractivity contribution in [3.05, 3.63) is 0 Å². The summed E-state index contributed by atoms with van der Waals surface area (Å²) in [6.45, 7) is 4.16. The van der Waals surface area contributed by atoms with Gasteiger partial charge in [-0.2, -0.15) is 0 Å². The van der Waals surface area contributed by atoms with Gasteiger partial charge in [-0.05, 0) is 32.2 Å². The van der Waals surface area contributed by atoms with Gasteiger partial charge in [0.1, 0.15) is 0 Å². The van der Waals surface area contributed by atoms with E-state index in [4.69, 9.17) is 4.74 Å². The summed E-state index contributed by atoms with van der Waals surface area (Å²) in [7, 11) is 0. The first-order chi connectivity index (χ1) is 7.83. The molecule has 94 valence electrons. The lowest BCUT2D eigenvalue weighted by atomic mass is 10.0. The molecule has 0 aromatic rings. The summed E-state index contributed by atoms with van der Waals surface area (Å²) in [4.78, 5) is 11.1. The summed E-state index contributed by atoms with van der Waals surface area (Å²) in [5, 5.41) is 3.37. The van der Waals surface area contributed by atoms with Crippen LogP contribution < -0.4 is 5.32 Å². The summed E-state index contributed by atoms with van der Waals surface area (Å²) >= 11 is 0. The van der Waals surface area contributed by atoms with Crippen LogP contribution in [-0.4, -0.2) is 25.7 Å². The summed E-state index contributed by atoms with van der Waals surface area (Å²) < 4.78 is 4.87.